The number of hydrogen-bond acceptors (Lipinski definition) is 4. The topological polar surface area (TPSA) is 71.4 Å². The fourth-order valence-electron chi connectivity index (χ4n) is 2.61. The molecule has 0 fully saturated rings. The zero-order valence-corrected chi connectivity index (χ0v) is 13.0. The molecule has 0 spiro atoms. The third-order valence-corrected chi connectivity index (χ3v) is 3.97. The van der Waals surface area contributed by atoms with Crippen LogP contribution in [0.1, 0.15) is 76.7 Å². The molecule has 4 heteroatoms. The minimum atomic E-state index is -1.09. The van der Waals surface area contributed by atoms with Gasteiger partial charge in [-0.15, -0.1) is 0 Å². The van der Waals surface area contributed by atoms with Gasteiger partial charge >= 0.3 is 0 Å². The van der Waals surface area contributed by atoms with Crippen LogP contribution in [-0.4, -0.2) is 5.11 Å². The van der Waals surface area contributed by atoms with Gasteiger partial charge in [0.25, 0.3) is 10.9 Å². The van der Waals surface area contributed by atoms with Crippen LogP contribution >= 0.6 is 0 Å². The lowest BCUT2D eigenvalue weighted by Crippen LogP contribution is -2.30. The highest BCUT2D eigenvalue weighted by Gasteiger charge is 2.17. The van der Waals surface area contributed by atoms with Crippen LogP contribution in [0.4, 0.5) is 0 Å². The van der Waals surface area contributed by atoms with Crippen LogP contribution in [-0.2, 0) is 6.42 Å². The summed E-state index contributed by atoms with van der Waals surface area (Å²) in [6.45, 7) is 2.21. The highest BCUT2D eigenvalue weighted by Crippen LogP contribution is 2.13. The van der Waals surface area contributed by atoms with Crippen molar-refractivity contribution in [1.82, 2.24) is 0 Å². The average molecular weight is 294 g/mol. The summed E-state index contributed by atoms with van der Waals surface area (Å²) in [5.74, 6) is -0.624. The molecule has 0 amide bonds. The predicted octanol–water partition coefficient (Wildman–Crippen LogP) is 2.81. The van der Waals surface area contributed by atoms with Gasteiger partial charge in [-0.2, -0.15) is 0 Å². The molecule has 0 aliphatic carbocycles. The summed E-state index contributed by atoms with van der Waals surface area (Å²) in [7, 11) is 0. The summed E-state index contributed by atoms with van der Waals surface area (Å²) in [6, 6.07) is 0. The van der Waals surface area contributed by atoms with Crippen molar-refractivity contribution in [1.29, 1.82) is 0 Å². The van der Waals surface area contributed by atoms with Crippen molar-refractivity contribution in [3.8, 4) is 5.75 Å². The van der Waals surface area contributed by atoms with Gasteiger partial charge in [-0.3, -0.25) is 14.4 Å². The third-order valence-electron chi connectivity index (χ3n) is 3.97. The molecule has 0 saturated heterocycles. The summed E-state index contributed by atoms with van der Waals surface area (Å²) in [5.41, 5.74) is -2.92. The second-order valence-electron chi connectivity index (χ2n) is 5.75. The van der Waals surface area contributed by atoms with E-state index in [1.165, 1.54) is 44.9 Å². The van der Waals surface area contributed by atoms with Crippen molar-refractivity contribution in [2.24, 2.45) is 0 Å². The number of hydrogen-bond donors (Lipinski definition) is 1. The van der Waals surface area contributed by atoms with E-state index in [2.05, 4.69) is 6.92 Å². The van der Waals surface area contributed by atoms with Gasteiger partial charge in [0.1, 0.15) is 0 Å². The van der Waals surface area contributed by atoms with E-state index in [1.54, 1.807) is 0 Å². The van der Waals surface area contributed by atoms with E-state index in [-0.39, 0.29) is 5.56 Å². The van der Waals surface area contributed by atoms with Gasteiger partial charge < -0.3 is 5.11 Å². The SMILES string of the molecule is CCCCCCCCCCCCc1c(O)c(=O)c(=O)c1=O. The standard InChI is InChI=1S/C17H26O4/c1-2-3-4-5-6-7-8-9-10-11-12-13-14(18)16(20)17(21)15(13)19/h18H,2-12H2,1H3. The molecular formula is C17H26O4. The molecule has 0 aromatic heterocycles. The van der Waals surface area contributed by atoms with E-state index in [0.29, 0.717) is 6.42 Å². The molecule has 0 heterocycles. The van der Waals surface area contributed by atoms with Crippen molar-refractivity contribution >= 4 is 0 Å². The van der Waals surface area contributed by atoms with Crippen molar-refractivity contribution in [2.75, 3.05) is 0 Å². The summed E-state index contributed by atoms with van der Waals surface area (Å²) in [6.07, 6.45) is 12.1. The van der Waals surface area contributed by atoms with Crippen LogP contribution in [0.3, 0.4) is 0 Å². The highest BCUT2D eigenvalue weighted by atomic mass is 16.3. The van der Waals surface area contributed by atoms with Gasteiger partial charge in [0.2, 0.25) is 5.43 Å². The Labute approximate surface area is 125 Å². The molecule has 0 aliphatic heterocycles. The minimum absolute atomic E-state index is 0.0181. The van der Waals surface area contributed by atoms with Gasteiger partial charge in [-0.25, -0.2) is 0 Å². The monoisotopic (exact) mass is 294 g/mol. The molecule has 0 radical (unpaired) electrons. The Hall–Kier alpha value is -1.45. The van der Waals surface area contributed by atoms with E-state index in [4.69, 9.17) is 0 Å². The normalized spacial score (nSPS) is 11.1. The molecule has 0 aliphatic rings. The van der Waals surface area contributed by atoms with E-state index < -0.39 is 22.0 Å². The molecule has 21 heavy (non-hydrogen) atoms. The minimum Gasteiger partial charge on any atom is -0.504 e. The lowest BCUT2D eigenvalue weighted by atomic mass is 10.0. The Balaban J connectivity index is 2.13. The van der Waals surface area contributed by atoms with Gasteiger partial charge in [-0.05, 0) is 12.8 Å². The second kappa shape index (κ2) is 9.48. The lowest BCUT2D eigenvalue weighted by Gasteiger charge is -2.02. The number of aromatic hydroxyl groups is 1. The fourth-order valence-corrected chi connectivity index (χ4v) is 2.61. The van der Waals surface area contributed by atoms with Crippen LogP contribution in [0.25, 0.3) is 0 Å². The molecule has 0 bridgehead atoms. The maximum absolute atomic E-state index is 11.4. The first-order chi connectivity index (χ1) is 10.1. The maximum atomic E-state index is 11.4. The lowest BCUT2D eigenvalue weighted by molar-refractivity contribution is 0.463. The molecule has 1 N–H and O–H groups in total. The number of unbranched alkanes of at least 4 members (excludes halogenated alkanes) is 9. The first-order valence-corrected chi connectivity index (χ1v) is 8.15. The summed E-state index contributed by atoms with van der Waals surface area (Å²) >= 11 is 0. The van der Waals surface area contributed by atoms with Crippen LogP contribution in [0.5, 0.6) is 5.75 Å². The zero-order chi connectivity index (χ0) is 15.7. The largest absolute Gasteiger partial charge is 0.504 e. The smallest absolute Gasteiger partial charge is 0.277 e. The third kappa shape index (κ3) is 5.44. The Bertz CT molecular complexity index is 553. The predicted molar refractivity (Wildman–Crippen MR) is 84.8 cm³/mol. The molecular weight excluding hydrogens is 268 g/mol. The molecule has 1 rings (SSSR count). The van der Waals surface area contributed by atoms with E-state index in [1.807, 2.05) is 0 Å². The van der Waals surface area contributed by atoms with Gasteiger partial charge in [0, 0.05) is 5.56 Å². The highest BCUT2D eigenvalue weighted by molar-refractivity contribution is 5.34. The summed E-state index contributed by atoms with van der Waals surface area (Å²) in [5, 5.41) is 9.43. The van der Waals surface area contributed by atoms with Gasteiger partial charge in [-0.1, -0.05) is 64.7 Å². The number of rotatable bonds is 11. The van der Waals surface area contributed by atoms with E-state index in [0.717, 1.165) is 19.3 Å². The molecule has 1 aromatic rings. The average Bonchev–Trinajstić information content (AvgIpc) is 2.66. The van der Waals surface area contributed by atoms with Crippen molar-refractivity contribution < 1.29 is 5.11 Å². The Morgan fingerprint density at radius 1 is 0.667 bits per heavy atom. The van der Waals surface area contributed by atoms with Crippen molar-refractivity contribution in [2.45, 2.75) is 77.6 Å². The maximum Gasteiger partial charge on any atom is 0.277 e. The molecule has 0 atom stereocenters. The van der Waals surface area contributed by atoms with E-state index in [9.17, 15) is 19.5 Å². The Morgan fingerprint density at radius 2 is 1.14 bits per heavy atom. The van der Waals surface area contributed by atoms with Crippen molar-refractivity contribution in [3.63, 3.8) is 0 Å². The molecule has 1 aromatic carbocycles. The fraction of sp³-hybridized carbons (Fsp3) is 0.706. The van der Waals surface area contributed by atoms with Crippen molar-refractivity contribution in [3.05, 3.63) is 36.2 Å². The zero-order valence-electron chi connectivity index (χ0n) is 13.0. The molecule has 0 unspecified atom stereocenters. The molecule has 0 saturated carbocycles. The summed E-state index contributed by atoms with van der Waals surface area (Å²) < 4.78 is 0. The molecule has 4 nitrogen and oxygen atoms in total. The van der Waals surface area contributed by atoms with Crippen LogP contribution < -0.4 is 16.3 Å². The molecule has 118 valence electrons. The van der Waals surface area contributed by atoms with E-state index >= 15 is 0 Å². The van der Waals surface area contributed by atoms with Gasteiger partial charge in [0.05, 0.1) is 0 Å². The summed E-state index contributed by atoms with van der Waals surface area (Å²) in [4.78, 5) is 33.7. The Morgan fingerprint density at radius 3 is 1.57 bits per heavy atom. The van der Waals surface area contributed by atoms with Gasteiger partial charge in [0.15, 0.2) is 5.75 Å². The second-order valence-corrected chi connectivity index (χ2v) is 5.75. The first-order valence-electron chi connectivity index (χ1n) is 8.15. The quantitative estimate of drug-likeness (QED) is 0.503. The van der Waals surface area contributed by atoms with Crippen LogP contribution in [0, 0.1) is 0 Å². The van der Waals surface area contributed by atoms with Crippen LogP contribution in [0.2, 0.25) is 0 Å². The first kappa shape index (κ1) is 17.6. The van der Waals surface area contributed by atoms with Crippen LogP contribution in [0.15, 0.2) is 14.4 Å². The Kier molecular flexibility index (Phi) is 7.95.